The SMILES string of the molecule is OCc1ccc(-n2c3ccccc3c3cc(-c4ccc(N(c5ccc(-c6ccccc6)cc5)c5ccc6sc7ccccc7c6c5)cc4)ccc32)cc1. The van der Waals surface area contributed by atoms with Gasteiger partial charge in [0.05, 0.1) is 17.6 Å². The first-order valence-electron chi connectivity index (χ1n) is 17.9. The summed E-state index contributed by atoms with van der Waals surface area (Å²) in [6.07, 6.45) is 0. The molecule has 4 heteroatoms. The number of benzene rings is 8. The maximum Gasteiger partial charge on any atom is 0.0681 e. The molecule has 0 spiro atoms. The monoisotopic (exact) mass is 698 g/mol. The average Bonchev–Trinajstić information content (AvgIpc) is 3.77. The molecule has 0 fully saturated rings. The third kappa shape index (κ3) is 5.48. The van der Waals surface area contributed by atoms with Gasteiger partial charge in [-0.05, 0) is 107 Å². The molecule has 0 radical (unpaired) electrons. The fraction of sp³-hybridized carbons (Fsp3) is 0.0204. The molecular formula is C49H34N2OS. The van der Waals surface area contributed by atoms with E-state index in [1.165, 1.54) is 53.2 Å². The van der Waals surface area contributed by atoms with E-state index < -0.39 is 0 Å². The van der Waals surface area contributed by atoms with Crippen LogP contribution in [0.2, 0.25) is 0 Å². The van der Waals surface area contributed by atoms with Gasteiger partial charge < -0.3 is 14.6 Å². The number of aliphatic hydroxyl groups excluding tert-OH is 1. The first-order chi connectivity index (χ1) is 26.2. The quantitative estimate of drug-likeness (QED) is 0.179. The molecule has 2 aromatic heterocycles. The van der Waals surface area contributed by atoms with Gasteiger partial charge in [0.15, 0.2) is 0 Å². The Kier molecular flexibility index (Phi) is 7.64. The molecule has 8 aromatic carbocycles. The topological polar surface area (TPSA) is 28.4 Å². The van der Waals surface area contributed by atoms with Crippen LogP contribution in [0.4, 0.5) is 17.1 Å². The predicted octanol–water partition coefficient (Wildman–Crippen LogP) is 13.4. The van der Waals surface area contributed by atoms with Gasteiger partial charge in [-0.15, -0.1) is 11.3 Å². The Bertz CT molecular complexity index is 2910. The number of para-hydroxylation sites is 1. The number of hydrogen-bond donors (Lipinski definition) is 1. The highest BCUT2D eigenvalue weighted by Crippen LogP contribution is 2.42. The highest BCUT2D eigenvalue weighted by molar-refractivity contribution is 7.25. The van der Waals surface area contributed by atoms with E-state index in [1.807, 2.05) is 23.5 Å². The van der Waals surface area contributed by atoms with Gasteiger partial charge in [0, 0.05) is 53.7 Å². The zero-order valence-electron chi connectivity index (χ0n) is 28.9. The lowest BCUT2D eigenvalue weighted by Gasteiger charge is -2.26. The van der Waals surface area contributed by atoms with Crippen LogP contribution in [-0.4, -0.2) is 9.67 Å². The lowest BCUT2D eigenvalue weighted by molar-refractivity contribution is 0.282. The minimum Gasteiger partial charge on any atom is -0.392 e. The molecule has 0 aliphatic heterocycles. The molecule has 0 bridgehead atoms. The summed E-state index contributed by atoms with van der Waals surface area (Å²) in [7, 11) is 0. The maximum atomic E-state index is 9.61. The van der Waals surface area contributed by atoms with Crippen molar-refractivity contribution in [2.24, 2.45) is 0 Å². The van der Waals surface area contributed by atoms with E-state index >= 15 is 0 Å². The van der Waals surface area contributed by atoms with E-state index in [9.17, 15) is 5.11 Å². The van der Waals surface area contributed by atoms with E-state index in [0.29, 0.717) is 0 Å². The van der Waals surface area contributed by atoms with Gasteiger partial charge in [0.25, 0.3) is 0 Å². The van der Waals surface area contributed by atoms with Crippen LogP contribution in [0.5, 0.6) is 0 Å². The summed E-state index contributed by atoms with van der Waals surface area (Å²) in [6, 6.07) is 67.5. The molecule has 3 nitrogen and oxygen atoms in total. The highest BCUT2D eigenvalue weighted by atomic mass is 32.1. The molecule has 0 aliphatic rings. The third-order valence-corrected chi connectivity index (χ3v) is 11.5. The molecule has 1 N–H and O–H groups in total. The normalized spacial score (nSPS) is 11.6. The van der Waals surface area contributed by atoms with Gasteiger partial charge in [0.2, 0.25) is 0 Å². The van der Waals surface area contributed by atoms with Crippen molar-refractivity contribution in [3.05, 3.63) is 194 Å². The van der Waals surface area contributed by atoms with Crippen LogP contribution in [0.3, 0.4) is 0 Å². The van der Waals surface area contributed by atoms with Crippen molar-refractivity contribution in [2.45, 2.75) is 6.61 Å². The van der Waals surface area contributed by atoms with Crippen molar-refractivity contribution in [1.29, 1.82) is 0 Å². The van der Waals surface area contributed by atoms with Crippen LogP contribution < -0.4 is 4.90 Å². The highest BCUT2D eigenvalue weighted by Gasteiger charge is 2.17. The Hall–Kier alpha value is -6.46. The van der Waals surface area contributed by atoms with E-state index in [-0.39, 0.29) is 6.61 Å². The van der Waals surface area contributed by atoms with Gasteiger partial charge in [0.1, 0.15) is 0 Å². The van der Waals surface area contributed by atoms with Crippen molar-refractivity contribution < 1.29 is 5.11 Å². The number of rotatable bonds is 7. The molecule has 10 rings (SSSR count). The minimum absolute atomic E-state index is 0.0366. The second-order valence-electron chi connectivity index (χ2n) is 13.5. The standard InChI is InChI=1S/C49H34N2OS/c52-32-33-14-21-40(22-15-33)51-46-12-6-4-10-42(46)44-30-37(20-28-47(44)51)36-18-25-39(26-19-36)50(38-23-16-35(17-24-38)34-8-2-1-3-9-34)41-27-29-49-45(31-41)43-11-5-7-13-48(43)53-49/h1-31,52H,32H2. The number of hydrogen-bond acceptors (Lipinski definition) is 3. The van der Waals surface area contributed by atoms with Crippen LogP contribution in [-0.2, 0) is 6.61 Å². The van der Waals surface area contributed by atoms with Crippen LogP contribution in [0.15, 0.2) is 188 Å². The van der Waals surface area contributed by atoms with Crippen molar-refractivity contribution in [1.82, 2.24) is 4.57 Å². The van der Waals surface area contributed by atoms with Crippen molar-refractivity contribution >= 4 is 70.4 Å². The van der Waals surface area contributed by atoms with E-state index in [4.69, 9.17) is 0 Å². The summed E-state index contributed by atoms with van der Waals surface area (Å²) in [5, 5.41) is 14.6. The van der Waals surface area contributed by atoms with Gasteiger partial charge in [-0.2, -0.15) is 0 Å². The molecule has 0 aliphatic carbocycles. The lowest BCUT2D eigenvalue weighted by Crippen LogP contribution is -2.09. The predicted molar refractivity (Wildman–Crippen MR) is 225 cm³/mol. The molecule has 0 atom stereocenters. The van der Waals surface area contributed by atoms with Gasteiger partial charge in [-0.3, -0.25) is 0 Å². The second kappa shape index (κ2) is 12.9. The smallest absolute Gasteiger partial charge is 0.0681 e. The first-order valence-corrected chi connectivity index (χ1v) is 18.7. The Morgan fingerprint density at radius 3 is 1.72 bits per heavy atom. The molecule has 10 aromatic rings. The number of nitrogens with zero attached hydrogens (tertiary/aromatic N) is 2. The van der Waals surface area contributed by atoms with Gasteiger partial charge in [-0.1, -0.05) is 109 Å². The van der Waals surface area contributed by atoms with E-state index in [2.05, 4.69) is 185 Å². The zero-order chi connectivity index (χ0) is 35.3. The van der Waals surface area contributed by atoms with Crippen molar-refractivity contribution in [3.8, 4) is 27.9 Å². The van der Waals surface area contributed by atoms with Crippen molar-refractivity contribution in [3.63, 3.8) is 0 Å². The second-order valence-corrected chi connectivity index (χ2v) is 14.6. The van der Waals surface area contributed by atoms with Crippen LogP contribution in [0.25, 0.3) is 69.9 Å². The average molecular weight is 699 g/mol. The summed E-state index contributed by atoms with van der Waals surface area (Å²) in [5.41, 5.74) is 12.4. The number of thiophene rings is 1. The third-order valence-electron chi connectivity index (χ3n) is 10.4. The largest absolute Gasteiger partial charge is 0.392 e. The fourth-order valence-electron chi connectivity index (χ4n) is 7.72. The Morgan fingerprint density at radius 2 is 0.981 bits per heavy atom. The molecule has 2 heterocycles. The maximum absolute atomic E-state index is 9.61. The molecular weight excluding hydrogens is 665 g/mol. The minimum atomic E-state index is 0.0366. The molecule has 0 amide bonds. The molecule has 0 saturated heterocycles. The molecule has 252 valence electrons. The van der Waals surface area contributed by atoms with Crippen molar-refractivity contribution in [2.75, 3.05) is 4.90 Å². The first kappa shape index (κ1) is 31.3. The zero-order valence-corrected chi connectivity index (χ0v) is 29.7. The number of aromatic nitrogens is 1. The number of aliphatic hydroxyl groups is 1. The van der Waals surface area contributed by atoms with Gasteiger partial charge in [-0.25, -0.2) is 0 Å². The fourth-order valence-corrected chi connectivity index (χ4v) is 8.80. The Balaban J connectivity index is 1.06. The Labute approximate surface area is 311 Å². The van der Waals surface area contributed by atoms with Crippen LogP contribution >= 0.6 is 11.3 Å². The molecule has 53 heavy (non-hydrogen) atoms. The Morgan fingerprint density at radius 1 is 0.415 bits per heavy atom. The number of fused-ring (bicyclic) bond motifs is 6. The van der Waals surface area contributed by atoms with E-state index in [0.717, 1.165) is 39.3 Å². The summed E-state index contributed by atoms with van der Waals surface area (Å²) < 4.78 is 4.92. The van der Waals surface area contributed by atoms with Crippen LogP contribution in [0, 0.1) is 0 Å². The van der Waals surface area contributed by atoms with Crippen LogP contribution in [0.1, 0.15) is 5.56 Å². The molecule has 0 saturated carbocycles. The molecule has 0 unspecified atom stereocenters. The van der Waals surface area contributed by atoms with Gasteiger partial charge >= 0.3 is 0 Å². The summed E-state index contributed by atoms with van der Waals surface area (Å²) >= 11 is 1.85. The lowest BCUT2D eigenvalue weighted by atomic mass is 10.0. The summed E-state index contributed by atoms with van der Waals surface area (Å²) in [4.78, 5) is 2.36. The number of anilines is 3. The summed E-state index contributed by atoms with van der Waals surface area (Å²) in [6.45, 7) is 0.0366. The summed E-state index contributed by atoms with van der Waals surface area (Å²) in [5.74, 6) is 0. The van der Waals surface area contributed by atoms with E-state index in [1.54, 1.807) is 0 Å².